The van der Waals surface area contributed by atoms with E-state index in [2.05, 4.69) is 26.6 Å². The molecule has 1 aliphatic rings. The summed E-state index contributed by atoms with van der Waals surface area (Å²) in [7, 11) is 1.56. The van der Waals surface area contributed by atoms with Crippen molar-refractivity contribution in [3.63, 3.8) is 0 Å². The van der Waals surface area contributed by atoms with E-state index in [1.165, 1.54) is 19.9 Å². The Hall–Kier alpha value is -4.81. The van der Waals surface area contributed by atoms with Crippen molar-refractivity contribution in [3.8, 4) is 17.2 Å². The Labute approximate surface area is 256 Å². The molecule has 0 spiro atoms. The number of methoxy groups -OCH3 is 1. The Balaban J connectivity index is 1.79. The largest absolute Gasteiger partial charge is 0.497 e. The maximum absolute atomic E-state index is 13.3. The predicted molar refractivity (Wildman–Crippen MR) is 161 cm³/mol. The highest BCUT2D eigenvalue weighted by atomic mass is 16.5. The number of hydrogen-bond donors (Lipinski definition) is 5. The first-order valence-corrected chi connectivity index (χ1v) is 14.4. The van der Waals surface area contributed by atoms with Gasteiger partial charge < -0.3 is 40.8 Å². The number of fused-ring (bicyclic) bond motifs is 1. The molecule has 44 heavy (non-hydrogen) atoms. The number of carbonyl (C=O) groups excluding carboxylic acids is 5. The number of carbonyl (C=O) groups is 5. The van der Waals surface area contributed by atoms with Crippen LogP contribution in [0.25, 0.3) is 0 Å². The van der Waals surface area contributed by atoms with Gasteiger partial charge in [0.2, 0.25) is 23.6 Å². The van der Waals surface area contributed by atoms with Gasteiger partial charge in [-0.05, 0) is 56.2 Å². The molecule has 0 aromatic heterocycles. The van der Waals surface area contributed by atoms with Crippen LogP contribution in [0, 0.1) is 5.92 Å². The molecule has 0 radical (unpaired) electrons. The summed E-state index contributed by atoms with van der Waals surface area (Å²) in [6, 6.07) is 11.2. The van der Waals surface area contributed by atoms with Gasteiger partial charge in [-0.2, -0.15) is 0 Å². The third kappa shape index (κ3) is 9.61. The second-order valence-corrected chi connectivity index (χ2v) is 11.0. The number of ether oxygens (including phenoxy) is 3. The highest BCUT2D eigenvalue weighted by Gasteiger charge is 2.35. The molecule has 0 saturated carbocycles. The molecular formula is C31H41N5O8. The van der Waals surface area contributed by atoms with Gasteiger partial charge in [0.25, 0.3) is 5.91 Å². The molecule has 1 aliphatic heterocycles. The Morgan fingerprint density at radius 1 is 1.02 bits per heavy atom. The lowest BCUT2D eigenvalue weighted by Crippen LogP contribution is -2.60. The predicted octanol–water partition coefficient (Wildman–Crippen LogP) is 0.923. The molecule has 2 aromatic rings. The average Bonchev–Trinajstić information content (AvgIpc) is 2.99. The van der Waals surface area contributed by atoms with E-state index in [9.17, 15) is 24.0 Å². The first kappa shape index (κ1) is 33.7. The summed E-state index contributed by atoms with van der Waals surface area (Å²) < 4.78 is 16.5. The van der Waals surface area contributed by atoms with Gasteiger partial charge in [-0.25, -0.2) is 0 Å². The molecule has 2 aromatic carbocycles. The molecule has 13 heteroatoms. The van der Waals surface area contributed by atoms with Crippen LogP contribution in [0.1, 0.15) is 44.5 Å². The van der Waals surface area contributed by atoms with Gasteiger partial charge in [0, 0.05) is 0 Å². The van der Waals surface area contributed by atoms with Gasteiger partial charge in [-0.15, -0.1) is 0 Å². The van der Waals surface area contributed by atoms with Gasteiger partial charge in [0.15, 0.2) is 0 Å². The van der Waals surface area contributed by atoms with E-state index in [-0.39, 0.29) is 43.5 Å². The van der Waals surface area contributed by atoms with Crippen molar-refractivity contribution >= 4 is 29.5 Å². The molecule has 5 amide bonds. The minimum absolute atomic E-state index is 0.0401. The number of nitrogens with one attached hydrogen (secondary N) is 5. The molecule has 0 bridgehead atoms. The van der Waals surface area contributed by atoms with Crippen molar-refractivity contribution < 1.29 is 38.2 Å². The van der Waals surface area contributed by atoms with Crippen molar-refractivity contribution in [1.29, 1.82) is 0 Å². The zero-order valence-electron chi connectivity index (χ0n) is 25.7. The zero-order valence-corrected chi connectivity index (χ0v) is 25.7. The van der Waals surface area contributed by atoms with Gasteiger partial charge in [-0.1, -0.05) is 26.0 Å². The molecule has 0 saturated heterocycles. The molecule has 0 aliphatic carbocycles. The van der Waals surface area contributed by atoms with Crippen LogP contribution in [-0.2, 0) is 19.2 Å². The van der Waals surface area contributed by atoms with E-state index in [1.807, 2.05) is 0 Å². The van der Waals surface area contributed by atoms with Gasteiger partial charge in [0.05, 0.1) is 32.2 Å². The SMILES string of the molecule is COc1ccc(OCCNC(=O)[C@@H]2CC(=O)NC(C)(C)C(=O)N[C@H](C(C)C)C(=O)NCCOc3ccccc3C(=O)N2)cc1. The van der Waals surface area contributed by atoms with Gasteiger partial charge >= 0.3 is 0 Å². The van der Waals surface area contributed by atoms with Crippen molar-refractivity contribution in [2.75, 3.05) is 33.4 Å². The molecule has 0 unspecified atom stereocenters. The maximum Gasteiger partial charge on any atom is 0.255 e. The normalized spacial score (nSPS) is 19.6. The Morgan fingerprint density at radius 3 is 2.39 bits per heavy atom. The van der Waals surface area contributed by atoms with Crippen LogP contribution in [0.15, 0.2) is 48.5 Å². The third-order valence-electron chi connectivity index (χ3n) is 6.79. The number of rotatable bonds is 7. The lowest BCUT2D eigenvalue weighted by atomic mass is 9.99. The summed E-state index contributed by atoms with van der Waals surface area (Å²) in [5, 5.41) is 13.4. The zero-order chi connectivity index (χ0) is 32.3. The average molecular weight is 612 g/mol. The van der Waals surface area contributed by atoms with Gasteiger partial charge in [0.1, 0.15) is 48.1 Å². The quantitative estimate of drug-likeness (QED) is 0.288. The summed E-state index contributed by atoms with van der Waals surface area (Å²) in [6.45, 7) is 6.90. The lowest BCUT2D eigenvalue weighted by molar-refractivity contribution is -0.136. The van der Waals surface area contributed by atoms with Crippen molar-refractivity contribution in [2.45, 2.75) is 51.7 Å². The summed E-state index contributed by atoms with van der Waals surface area (Å²) in [5.74, 6) is -1.72. The number of para-hydroxylation sites is 1. The lowest BCUT2D eigenvalue weighted by Gasteiger charge is -2.30. The fourth-order valence-electron chi connectivity index (χ4n) is 4.31. The molecular weight excluding hydrogens is 570 g/mol. The van der Waals surface area contributed by atoms with E-state index in [1.54, 1.807) is 63.4 Å². The standard InChI is InChI=1S/C31H41N5O8/c1-19(2)26-29(40)33-15-17-44-24-9-7-6-8-22(24)27(38)34-23(18-25(37)36-31(3,4)30(41)35-26)28(39)32-14-16-43-21-12-10-20(42-5)11-13-21/h6-13,19,23,26H,14-18H2,1-5H3,(H,32,39)(H,33,40)(H,34,38)(H,35,41)(H,36,37)/t23-,26+/m0/s1. The van der Waals surface area contributed by atoms with E-state index in [0.29, 0.717) is 11.5 Å². The fourth-order valence-corrected chi connectivity index (χ4v) is 4.31. The van der Waals surface area contributed by atoms with E-state index < -0.39 is 53.6 Å². The van der Waals surface area contributed by atoms with Crippen LogP contribution in [0.4, 0.5) is 0 Å². The Bertz CT molecular complexity index is 1330. The van der Waals surface area contributed by atoms with Crippen LogP contribution in [0.2, 0.25) is 0 Å². The highest BCUT2D eigenvalue weighted by molar-refractivity contribution is 6.01. The van der Waals surface area contributed by atoms with Crippen molar-refractivity contribution in [2.24, 2.45) is 5.92 Å². The molecule has 13 nitrogen and oxygen atoms in total. The minimum atomic E-state index is -1.44. The second kappa shape index (κ2) is 15.6. The second-order valence-electron chi connectivity index (χ2n) is 11.0. The third-order valence-corrected chi connectivity index (χ3v) is 6.79. The van der Waals surface area contributed by atoms with Crippen molar-refractivity contribution in [3.05, 3.63) is 54.1 Å². The van der Waals surface area contributed by atoms with Crippen LogP contribution in [-0.4, -0.2) is 80.6 Å². The van der Waals surface area contributed by atoms with E-state index in [4.69, 9.17) is 14.2 Å². The molecule has 1 heterocycles. The summed E-state index contributed by atoms with van der Waals surface area (Å²) >= 11 is 0. The Kier molecular flexibility index (Phi) is 11.9. The van der Waals surface area contributed by atoms with E-state index >= 15 is 0 Å². The van der Waals surface area contributed by atoms with Crippen LogP contribution in [0.5, 0.6) is 17.2 Å². The smallest absolute Gasteiger partial charge is 0.255 e. The summed E-state index contributed by atoms with van der Waals surface area (Å²) in [6.07, 6.45) is -0.468. The number of amides is 5. The van der Waals surface area contributed by atoms with E-state index in [0.717, 1.165) is 0 Å². The summed E-state index contributed by atoms with van der Waals surface area (Å²) in [5.41, 5.74) is -1.30. The molecule has 3 rings (SSSR count). The van der Waals surface area contributed by atoms with Crippen LogP contribution in [0.3, 0.4) is 0 Å². The first-order chi connectivity index (χ1) is 20.9. The monoisotopic (exact) mass is 611 g/mol. The van der Waals surface area contributed by atoms with Crippen LogP contribution < -0.4 is 40.8 Å². The number of benzene rings is 2. The highest BCUT2D eigenvalue weighted by Crippen LogP contribution is 2.19. The first-order valence-electron chi connectivity index (χ1n) is 14.4. The van der Waals surface area contributed by atoms with Gasteiger partial charge in [-0.3, -0.25) is 24.0 Å². The Morgan fingerprint density at radius 2 is 1.70 bits per heavy atom. The molecule has 238 valence electrons. The number of hydrogen-bond acceptors (Lipinski definition) is 8. The molecule has 2 atom stereocenters. The molecule has 0 fully saturated rings. The summed E-state index contributed by atoms with van der Waals surface area (Å²) in [4.78, 5) is 65.7. The maximum atomic E-state index is 13.3. The van der Waals surface area contributed by atoms with Crippen molar-refractivity contribution in [1.82, 2.24) is 26.6 Å². The molecule has 5 N–H and O–H groups in total. The minimum Gasteiger partial charge on any atom is -0.497 e. The van der Waals surface area contributed by atoms with Crippen LogP contribution >= 0.6 is 0 Å². The fraction of sp³-hybridized carbons (Fsp3) is 0.452. The topological polar surface area (TPSA) is 173 Å².